The van der Waals surface area contributed by atoms with Gasteiger partial charge in [0.05, 0.1) is 23.4 Å². The van der Waals surface area contributed by atoms with E-state index in [0.717, 1.165) is 5.69 Å². The van der Waals surface area contributed by atoms with Crippen molar-refractivity contribution in [3.8, 4) is 0 Å². The molecule has 1 amide bonds. The minimum atomic E-state index is -3.70. The first-order valence-electron chi connectivity index (χ1n) is 8.17. The van der Waals surface area contributed by atoms with Crippen molar-refractivity contribution in [2.75, 3.05) is 12.1 Å². The van der Waals surface area contributed by atoms with E-state index < -0.39 is 10.0 Å². The Balaban J connectivity index is 1.64. The summed E-state index contributed by atoms with van der Waals surface area (Å²) < 4.78 is 32.2. The summed E-state index contributed by atoms with van der Waals surface area (Å²) in [4.78, 5) is 12.4. The monoisotopic (exact) mass is 385 g/mol. The summed E-state index contributed by atoms with van der Waals surface area (Å²) >= 11 is 0. The van der Waals surface area contributed by atoms with Crippen molar-refractivity contribution in [1.82, 2.24) is 10.1 Å². The van der Waals surface area contributed by atoms with E-state index in [9.17, 15) is 13.2 Å². The number of nitrogens with zero attached hydrogens (tertiary/aromatic N) is 1. The van der Waals surface area contributed by atoms with Gasteiger partial charge in [-0.25, -0.2) is 13.1 Å². The molecule has 3 rings (SSSR count). The van der Waals surface area contributed by atoms with Gasteiger partial charge in [0.25, 0.3) is 5.91 Å². The lowest BCUT2D eigenvalue weighted by molar-refractivity contribution is 0.0951. The molecule has 0 atom stereocenters. The fraction of sp³-hybridized carbons (Fsp3) is 0.105. The van der Waals surface area contributed by atoms with Crippen molar-refractivity contribution in [3.05, 3.63) is 84.3 Å². The highest BCUT2D eigenvalue weighted by atomic mass is 32.2. The zero-order valence-corrected chi connectivity index (χ0v) is 15.4. The van der Waals surface area contributed by atoms with Gasteiger partial charge in [-0.2, -0.15) is 0 Å². The number of hydrogen-bond donors (Lipinski definition) is 2. The first-order valence-corrected chi connectivity index (χ1v) is 9.66. The van der Waals surface area contributed by atoms with Gasteiger partial charge < -0.3 is 4.42 Å². The smallest absolute Gasteiger partial charge is 0.269 e. The number of carbonyl (C=O) groups excluding carboxylic acids is 1. The van der Waals surface area contributed by atoms with E-state index in [4.69, 9.17) is 4.42 Å². The first-order chi connectivity index (χ1) is 13.0. The number of furan rings is 1. The number of nitrogens with one attached hydrogen (secondary N) is 2. The zero-order valence-electron chi connectivity index (χ0n) is 14.6. The summed E-state index contributed by atoms with van der Waals surface area (Å²) in [6.45, 7) is 0.0550. The second-order valence-electron chi connectivity index (χ2n) is 5.76. The molecule has 1 aromatic heterocycles. The molecule has 0 spiro atoms. The summed E-state index contributed by atoms with van der Waals surface area (Å²) in [5.41, 5.74) is 3.91. The Labute approximate surface area is 157 Å². The molecule has 2 N–H and O–H groups in total. The molecule has 0 saturated heterocycles. The number of rotatable bonds is 7. The lowest BCUT2D eigenvalue weighted by Gasteiger charge is -2.20. The Morgan fingerprint density at radius 2 is 1.70 bits per heavy atom. The van der Waals surface area contributed by atoms with E-state index in [-0.39, 0.29) is 17.3 Å². The number of hydrogen-bond acceptors (Lipinski definition) is 5. The van der Waals surface area contributed by atoms with Crippen LogP contribution in [0.25, 0.3) is 0 Å². The highest BCUT2D eigenvalue weighted by Gasteiger charge is 2.16. The Hall–Kier alpha value is -3.10. The number of hydrazine groups is 1. The van der Waals surface area contributed by atoms with E-state index in [1.165, 1.54) is 30.5 Å². The number of benzene rings is 2. The number of sulfonamides is 1. The third kappa shape index (κ3) is 4.75. The average molecular weight is 385 g/mol. The molecule has 0 aliphatic rings. The molecule has 1 heterocycles. The molecular formula is C19H19N3O4S. The van der Waals surface area contributed by atoms with Gasteiger partial charge in [0.2, 0.25) is 10.0 Å². The fourth-order valence-corrected chi connectivity index (χ4v) is 3.37. The highest BCUT2D eigenvalue weighted by Crippen LogP contribution is 2.13. The SMILES string of the molecule is CN(NC(=O)c1ccc(S(=O)(=O)NCc2ccco2)cc1)c1ccccc1. The second-order valence-corrected chi connectivity index (χ2v) is 7.53. The minimum absolute atomic E-state index is 0.0550. The summed E-state index contributed by atoms with van der Waals surface area (Å²) in [6, 6.07) is 18.4. The van der Waals surface area contributed by atoms with Crippen LogP contribution >= 0.6 is 0 Å². The summed E-state index contributed by atoms with van der Waals surface area (Å²) in [5, 5.41) is 1.60. The second kappa shape index (κ2) is 8.07. The standard InChI is InChI=1S/C19H19N3O4S/c1-22(16-6-3-2-4-7-16)21-19(23)15-9-11-18(12-10-15)27(24,25)20-14-17-8-5-13-26-17/h2-13,20H,14H2,1H3,(H,21,23). The molecule has 0 saturated carbocycles. The number of carbonyl (C=O) groups is 1. The van der Waals surface area contributed by atoms with Crippen LogP contribution in [-0.4, -0.2) is 21.4 Å². The minimum Gasteiger partial charge on any atom is -0.468 e. The quantitative estimate of drug-likeness (QED) is 0.610. The predicted molar refractivity (Wildman–Crippen MR) is 101 cm³/mol. The van der Waals surface area contributed by atoms with Crippen LogP contribution in [0.5, 0.6) is 0 Å². The van der Waals surface area contributed by atoms with Crippen molar-refractivity contribution < 1.29 is 17.6 Å². The maximum Gasteiger partial charge on any atom is 0.269 e. The Morgan fingerprint density at radius 1 is 1.00 bits per heavy atom. The van der Waals surface area contributed by atoms with Gasteiger partial charge in [-0.3, -0.25) is 15.2 Å². The molecule has 0 radical (unpaired) electrons. The van der Waals surface area contributed by atoms with Crippen LogP contribution in [0.3, 0.4) is 0 Å². The molecule has 7 nitrogen and oxygen atoms in total. The lowest BCUT2D eigenvalue weighted by Crippen LogP contribution is -2.39. The van der Waals surface area contributed by atoms with Crippen LogP contribution in [0.1, 0.15) is 16.1 Å². The normalized spacial score (nSPS) is 11.1. The van der Waals surface area contributed by atoms with Crippen molar-refractivity contribution in [2.45, 2.75) is 11.4 Å². The molecule has 0 unspecified atom stereocenters. The Bertz CT molecular complexity index is 985. The summed E-state index contributed by atoms with van der Waals surface area (Å²) in [7, 11) is -1.97. The maximum atomic E-state index is 12.3. The molecular weight excluding hydrogens is 366 g/mol. The third-order valence-electron chi connectivity index (χ3n) is 3.86. The van der Waals surface area contributed by atoms with Crippen LogP contribution < -0.4 is 15.2 Å². The summed E-state index contributed by atoms with van der Waals surface area (Å²) in [5.74, 6) is 0.173. The van der Waals surface area contributed by atoms with E-state index in [2.05, 4.69) is 10.1 Å². The van der Waals surface area contributed by atoms with Gasteiger partial charge in [-0.15, -0.1) is 0 Å². The number of para-hydroxylation sites is 1. The van der Waals surface area contributed by atoms with Crippen molar-refractivity contribution in [1.29, 1.82) is 0 Å². The van der Waals surface area contributed by atoms with Crippen LogP contribution in [0.4, 0.5) is 5.69 Å². The van der Waals surface area contributed by atoms with Gasteiger partial charge in [-0.05, 0) is 48.5 Å². The van der Waals surface area contributed by atoms with E-state index >= 15 is 0 Å². The van der Waals surface area contributed by atoms with Crippen LogP contribution in [0, 0.1) is 0 Å². The number of amides is 1. The van der Waals surface area contributed by atoms with Crippen LogP contribution in [0.2, 0.25) is 0 Å². The highest BCUT2D eigenvalue weighted by molar-refractivity contribution is 7.89. The van der Waals surface area contributed by atoms with Crippen molar-refractivity contribution >= 4 is 21.6 Å². The lowest BCUT2D eigenvalue weighted by atomic mass is 10.2. The van der Waals surface area contributed by atoms with Gasteiger partial charge in [0, 0.05) is 12.6 Å². The fourth-order valence-electron chi connectivity index (χ4n) is 2.38. The third-order valence-corrected chi connectivity index (χ3v) is 5.27. The van der Waals surface area contributed by atoms with Gasteiger partial charge in [0.1, 0.15) is 5.76 Å². The van der Waals surface area contributed by atoms with Gasteiger partial charge >= 0.3 is 0 Å². The van der Waals surface area contributed by atoms with Gasteiger partial charge in [-0.1, -0.05) is 18.2 Å². The van der Waals surface area contributed by atoms with Crippen LogP contribution in [0.15, 0.2) is 82.3 Å². The van der Waals surface area contributed by atoms with E-state index in [0.29, 0.717) is 11.3 Å². The molecule has 0 bridgehead atoms. The molecule has 2 aromatic carbocycles. The molecule has 140 valence electrons. The topological polar surface area (TPSA) is 91.7 Å². The first kappa shape index (κ1) is 18.7. The molecule has 27 heavy (non-hydrogen) atoms. The molecule has 0 fully saturated rings. The zero-order chi connectivity index (χ0) is 19.3. The molecule has 0 aliphatic heterocycles. The predicted octanol–water partition coefficient (Wildman–Crippen LogP) is 2.54. The Morgan fingerprint density at radius 3 is 2.33 bits per heavy atom. The summed E-state index contributed by atoms with van der Waals surface area (Å²) in [6.07, 6.45) is 1.48. The maximum absolute atomic E-state index is 12.3. The van der Waals surface area contributed by atoms with Crippen molar-refractivity contribution in [2.24, 2.45) is 0 Å². The largest absolute Gasteiger partial charge is 0.468 e. The van der Waals surface area contributed by atoms with Crippen LogP contribution in [-0.2, 0) is 16.6 Å². The Kier molecular flexibility index (Phi) is 5.58. The van der Waals surface area contributed by atoms with E-state index in [1.54, 1.807) is 24.2 Å². The number of anilines is 1. The van der Waals surface area contributed by atoms with E-state index in [1.807, 2.05) is 30.3 Å². The molecule has 3 aromatic rings. The van der Waals surface area contributed by atoms with Gasteiger partial charge in [0.15, 0.2) is 0 Å². The molecule has 8 heteroatoms. The van der Waals surface area contributed by atoms with Crippen molar-refractivity contribution in [3.63, 3.8) is 0 Å². The molecule has 0 aliphatic carbocycles. The average Bonchev–Trinajstić information content (AvgIpc) is 3.21.